The zero-order valence-corrected chi connectivity index (χ0v) is 11.2. The lowest BCUT2D eigenvalue weighted by atomic mass is 9.74. The molecule has 3 rings (SSSR count). The molecule has 1 atom stereocenters. The van der Waals surface area contributed by atoms with E-state index >= 15 is 0 Å². The van der Waals surface area contributed by atoms with Crippen LogP contribution in [0.4, 0.5) is 0 Å². The van der Waals surface area contributed by atoms with Gasteiger partial charge in [0.1, 0.15) is 19.2 Å². The number of nitrogens with zero attached hydrogens (tertiary/aromatic N) is 4. The number of hydrogen-bond donors (Lipinski definition) is 1. The summed E-state index contributed by atoms with van der Waals surface area (Å²) in [5.74, 6) is 0.162. The molecule has 0 bridgehead atoms. The normalized spacial score (nSPS) is 27.7. The molecular weight excluding hydrogens is 242 g/mol. The van der Waals surface area contributed by atoms with E-state index in [9.17, 15) is 4.79 Å². The minimum atomic E-state index is 0.162. The lowest BCUT2D eigenvalue weighted by Crippen LogP contribution is -2.53. The largest absolute Gasteiger partial charge is 0.340 e. The van der Waals surface area contributed by atoms with Gasteiger partial charge < -0.3 is 10.2 Å². The van der Waals surface area contributed by atoms with Crippen molar-refractivity contribution < 1.29 is 4.79 Å². The van der Waals surface area contributed by atoms with Crippen molar-refractivity contribution in [3.63, 3.8) is 0 Å². The van der Waals surface area contributed by atoms with Gasteiger partial charge in [-0.15, -0.1) is 0 Å². The smallest absolute Gasteiger partial charge is 0.244 e. The van der Waals surface area contributed by atoms with Crippen molar-refractivity contribution in [2.24, 2.45) is 5.41 Å². The number of piperidine rings is 2. The molecule has 1 N–H and O–H groups in total. The third kappa shape index (κ3) is 2.78. The van der Waals surface area contributed by atoms with Crippen LogP contribution in [-0.4, -0.2) is 51.8 Å². The molecule has 0 saturated carbocycles. The molecule has 0 radical (unpaired) electrons. The number of rotatable bonds is 2. The van der Waals surface area contributed by atoms with Gasteiger partial charge in [0.05, 0.1) is 0 Å². The minimum absolute atomic E-state index is 0.162. The number of aromatic nitrogens is 3. The van der Waals surface area contributed by atoms with Crippen LogP contribution in [0.15, 0.2) is 12.7 Å². The van der Waals surface area contributed by atoms with Crippen LogP contribution in [0.25, 0.3) is 0 Å². The van der Waals surface area contributed by atoms with E-state index in [1.165, 1.54) is 25.6 Å². The fourth-order valence-corrected chi connectivity index (χ4v) is 3.35. The molecule has 1 amide bonds. The van der Waals surface area contributed by atoms with Gasteiger partial charge in [0.25, 0.3) is 0 Å². The molecule has 2 aliphatic rings. The molecule has 3 heterocycles. The summed E-state index contributed by atoms with van der Waals surface area (Å²) in [5.41, 5.74) is 0.314. The van der Waals surface area contributed by atoms with Crippen molar-refractivity contribution in [3.05, 3.63) is 12.7 Å². The summed E-state index contributed by atoms with van der Waals surface area (Å²) in [6.07, 6.45) is 7.89. The third-order valence-corrected chi connectivity index (χ3v) is 4.34. The first-order chi connectivity index (χ1) is 9.27. The van der Waals surface area contributed by atoms with Crippen molar-refractivity contribution >= 4 is 5.91 Å². The second-order valence-corrected chi connectivity index (χ2v) is 5.79. The summed E-state index contributed by atoms with van der Waals surface area (Å²) in [7, 11) is 0. The molecule has 2 fully saturated rings. The van der Waals surface area contributed by atoms with Crippen LogP contribution in [0.3, 0.4) is 0 Å². The second kappa shape index (κ2) is 5.28. The van der Waals surface area contributed by atoms with Crippen LogP contribution in [0, 0.1) is 5.41 Å². The fraction of sp³-hybridized carbons (Fsp3) is 0.769. The highest BCUT2D eigenvalue weighted by atomic mass is 16.2. The number of carbonyl (C=O) groups is 1. The maximum atomic E-state index is 12.3. The molecule has 6 heteroatoms. The first kappa shape index (κ1) is 12.6. The van der Waals surface area contributed by atoms with Crippen LogP contribution in [0.1, 0.15) is 25.7 Å². The maximum Gasteiger partial charge on any atom is 0.244 e. The number of carbonyl (C=O) groups excluding carboxylic acids is 1. The van der Waals surface area contributed by atoms with Crippen LogP contribution >= 0.6 is 0 Å². The molecule has 2 aliphatic heterocycles. The Hall–Kier alpha value is -1.43. The van der Waals surface area contributed by atoms with Gasteiger partial charge in [-0.3, -0.25) is 4.79 Å². The summed E-state index contributed by atoms with van der Waals surface area (Å²) in [4.78, 5) is 18.2. The first-order valence-corrected chi connectivity index (χ1v) is 7.08. The molecule has 0 aliphatic carbocycles. The average molecular weight is 263 g/mol. The van der Waals surface area contributed by atoms with Crippen LogP contribution in [0.5, 0.6) is 0 Å². The van der Waals surface area contributed by atoms with Gasteiger partial charge >= 0.3 is 0 Å². The SMILES string of the molecule is O=C(Cn1cncn1)N1CCCC2(CCCNC2)C1. The zero-order valence-electron chi connectivity index (χ0n) is 11.2. The summed E-state index contributed by atoms with van der Waals surface area (Å²) in [6, 6.07) is 0. The summed E-state index contributed by atoms with van der Waals surface area (Å²) >= 11 is 0. The molecular formula is C13H21N5O. The van der Waals surface area contributed by atoms with Gasteiger partial charge in [-0.05, 0) is 32.2 Å². The van der Waals surface area contributed by atoms with Gasteiger partial charge in [0.15, 0.2) is 0 Å². The van der Waals surface area contributed by atoms with E-state index < -0.39 is 0 Å². The molecule has 0 aromatic carbocycles. The third-order valence-electron chi connectivity index (χ3n) is 4.34. The van der Waals surface area contributed by atoms with Crippen molar-refractivity contribution in [2.75, 3.05) is 26.2 Å². The number of amides is 1. The fourth-order valence-electron chi connectivity index (χ4n) is 3.35. The zero-order chi connectivity index (χ0) is 13.1. The Balaban J connectivity index is 1.62. The maximum absolute atomic E-state index is 12.3. The molecule has 2 saturated heterocycles. The minimum Gasteiger partial charge on any atom is -0.340 e. The van der Waals surface area contributed by atoms with E-state index in [4.69, 9.17) is 0 Å². The Kier molecular flexibility index (Phi) is 3.50. The first-order valence-electron chi connectivity index (χ1n) is 7.08. The second-order valence-electron chi connectivity index (χ2n) is 5.79. The van der Waals surface area contributed by atoms with Gasteiger partial charge in [-0.1, -0.05) is 0 Å². The predicted molar refractivity (Wildman–Crippen MR) is 70.4 cm³/mol. The Morgan fingerprint density at radius 2 is 2.26 bits per heavy atom. The lowest BCUT2D eigenvalue weighted by Gasteiger charge is -2.45. The van der Waals surface area contributed by atoms with E-state index in [2.05, 4.69) is 15.4 Å². The Labute approximate surface area is 113 Å². The standard InChI is InChI=1S/C13H21N5O/c19-12(7-18-11-15-10-16-18)17-6-2-4-13(9-17)3-1-5-14-8-13/h10-11,14H,1-9H2. The highest BCUT2D eigenvalue weighted by Gasteiger charge is 2.37. The van der Waals surface area contributed by atoms with Gasteiger partial charge in [-0.25, -0.2) is 9.67 Å². The summed E-state index contributed by atoms with van der Waals surface area (Å²) < 4.78 is 1.60. The summed E-state index contributed by atoms with van der Waals surface area (Å²) in [5, 5.41) is 7.49. The topological polar surface area (TPSA) is 63.1 Å². The number of hydrogen-bond acceptors (Lipinski definition) is 4. The van der Waals surface area contributed by atoms with Gasteiger partial charge in [0, 0.05) is 25.0 Å². The monoisotopic (exact) mass is 263 g/mol. The number of likely N-dealkylation sites (tertiary alicyclic amines) is 1. The average Bonchev–Trinajstić information content (AvgIpc) is 2.92. The van der Waals surface area contributed by atoms with E-state index in [0.717, 1.165) is 32.6 Å². The molecule has 19 heavy (non-hydrogen) atoms. The Morgan fingerprint density at radius 3 is 3.00 bits per heavy atom. The van der Waals surface area contributed by atoms with Crippen molar-refractivity contribution in [3.8, 4) is 0 Å². The van der Waals surface area contributed by atoms with E-state index in [1.807, 2.05) is 4.90 Å². The highest BCUT2D eigenvalue weighted by Crippen LogP contribution is 2.35. The van der Waals surface area contributed by atoms with Gasteiger partial charge in [-0.2, -0.15) is 5.10 Å². The highest BCUT2D eigenvalue weighted by molar-refractivity contribution is 5.76. The van der Waals surface area contributed by atoms with Crippen molar-refractivity contribution in [1.29, 1.82) is 0 Å². The van der Waals surface area contributed by atoms with E-state index in [1.54, 1.807) is 11.0 Å². The van der Waals surface area contributed by atoms with Crippen molar-refractivity contribution in [1.82, 2.24) is 25.0 Å². The van der Waals surface area contributed by atoms with E-state index in [-0.39, 0.29) is 5.91 Å². The molecule has 6 nitrogen and oxygen atoms in total. The predicted octanol–water partition coefficient (Wildman–Crippen LogP) is 0.270. The van der Waals surface area contributed by atoms with Crippen LogP contribution in [-0.2, 0) is 11.3 Å². The molecule has 1 aromatic rings. The summed E-state index contributed by atoms with van der Waals surface area (Å²) in [6.45, 7) is 4.26. The molecule has 1 aromatic heterocycles. The van der Waals surface area contributed by atoms with Gasteiger partial charge in [0.2, 0.25) is 5.91 Å². The van der Waals surface area contributed by atoms with Crippen molar-refractivity contribution in [2.45, 2.75) is 32.2 Å². The molecule has 1 unspecified atom stereocenters. The lowest BCUT2D eigenvalue weighted by molar-refractivity contribution is -0.136. The molecule has 1 spiro atoms. The molecule has 104 valence electrons. The van der Waals surface area contributed by atoms with E-state index in [0.29, 0.717) is 12.0 Å². The Bertz CT molecular complexity index is 419. The van der Waals surface area contributed by atoms with Crippen LogP contribution < -0.4 is 5.32 Å². The number of nitrogens with one attached hydrogen (secondary N) is 1. The quantitative estimate of drug-likeness (QED) is 0.832. The van der Waals surface area contributed by atoms with Crippen LogP contribution in [0.2, 0.25) is 0 Å². The Morgan fingerprint density at radius 1 is 1.37 bits per heavy atom.